The van der Waals surface area contributed by atoms with E-state index in [1.807, 2.05) is 12.1 Å². The van der Waals surface area contributed by atoms with Gasteiger partial charge in [0.2, 0.25) is 11.9 Å². The van der Waals surface area contributed by atoms with Crippen molar-refractivity contribution in [3.63, 3.8) is 0 Å². The van der Waals surface area contributed by atoms with Gasteiger partial charge in [0.05, 0.1) is 36.7 Å². The highest BCUT2D eigenvalue weighted by molar-refractivity contribution is 6.33. The Balaban J connectivity index is 1.33. The van der Waals surface area contributed by atoms with E-state index in [0.717, 1.165) is 5.56 Å². The number of aliphatic hydroxyl groups is 1. The Morgan fingerprint density at radius 1 is 1.17 bits per heavy atom. The maximum Gasteiger partial charge on any atom is 0.255 e. The van der Waals surface area contributed by atoms with Gasteiger partial charge in [0.15, 0.2) is 0 Å². The zero-order valence-electron chi connectivity index (χ0n) is 22.6. The normalized spacial score (nSPS) is 13.9. The van der Waals surface area contributed by atoms with Crippen LogP contribution in [0, 0.1) is 6.92 Å². The standard InChI is InChI=1S/C29H28ClN7O4/c1-16(27(39)34-24(15-38)18-5-4-6-21(11-18)41-3)37-14-20-8-7-19(12-22(20)28(37)40)26-23(30)13-32-29(36-26)35-25-9-10-31-17(2)33-25/h4-13,16,24,38H,14-15H2,1-3H3,(H,34,39)(H,31,32,33,35,36)/t16-,24+/m0/s1. The molecule has 0 spiro atoms. The number of methoxy groups -OCH3 is 1. The molecule has 2 amide bonds. The second kappa shape index (κ2) is 11.9. The molecular formula is C29H28ClN7O4. The molecule has 12 heteroatoms. The smallest absolute Gasteiger partial charge is 0.255 e. The van der Waals surface area contributed by atoms with Gasteiger partial charge < -0.3 is 25.4 Å². The quantitative estimate of drug-likeness (QED) is 0.272. The molecule has 1 aliphatic heterocycles. The van der Waals surface area contributed by atoms with Crippen molar-refractivity contribution in [3.8, 4) is 17.0 Å². The number of nitrogens with one attached hydrogen (secondary N) is 2. The maximum absolute atomic E-state index is 13.4. The van der Waals surface area contributed by atoms with Crippen molar-refractivity contribution in [1.29, 1.82) is 0 Å². The molecule has 3 heterocycles. The molecule has 41 heavy (non-hydrogen) atoms. The molecule has 2 atom stereocenters. The van der Waals surface area contributed by atoms with Crippen LogP contribution in [0.25, 0.3) is 11.3 Å². The number of fused-ring (bicyclic) bond motifs is 1. The molecular weight excluding hydrogens is 546 g/mol. The summed E-state index contributed by atoms with van der Waals surface area (Å²) in [6.45, 7) is 3.40. The molecule has 0 saturated carbocycles. The summed E-state index contributed by atoms with van der Waals surface area (Å²) < 4.78 is 5.25. The van der Waals surface area contributed by atoms with Gasteiger partial charge in [-0.2, -0.15) is 0 Å². The van der Waals surface area contributed by atoms with E-state index in [9.17, 15) is 14.7 Å². The number of carbonyl (C=O) groups is 2. The summed E-state index contributed by atoms with van der Waals surface area (Å²) >= 11 is 6.44. The predicted molar refractivity (Wildman–Crippen MR) is 153 cm³/mol. The van der Waals surface area contributed by atoms with Crippen LogP contribution < -0.4 is 15.4 Å². The van der Waals surface area contributed by atoms with E-state index < -0.39 is 12.1 Å². The fourth-order valence-corrected chi connectivity index (χ4v) is 4.78. The Morgan fingerprint density at radius 3 is 2.76 bits per heavy atom. The molecule has 4 aromatic rings. The maximum atomic E-state index is 13.4. The van der Waals surface area contributed by atoms with Crippen LogP contribution in [0.1, 0.15) is 40.3 Å². The highest BCUT2D eigenvalue weighted by atomic mass is 35.5. The Morgan fingerprint density at radius 2 is 2.00 bits per heavy atom. The number of anilines is 2. The fourth-order valence-electron chi connectivity index (χ4n) is 4.58. The second-order valence-corrected chi connectivity index (χ2v) is 9.91. The van der Waals surface area contributed by atoms with Gasteiger partial charge in [-0.1, -0.05) is 35.9 Å². The lowest BCUT2D eigenvalue weighted by molar-refractivity contribution is -0.126. The number of carbonyl (C=O) groups excluding carboxylic acids is 2. The van der Waals surface area contributed by atoms with Gasteiger partial charge in [-0.3, -0.25) is 9.59 Å². The summed E-state index contributed by atoms with van der Waals surface area (Å²) in [4.78, 5) is 45.3. The number of hydrogen-bond acceptors (Lipinski definition) is 9. The summed E-state index contributed by atoms with van der Waals surface area (Å²) in [5.41, 5.74) is 3.01. The minimum absolute atomic E-state index is 0.267. The van der Waals surface area contributed by atoms with Gasteiger partial charge in [0.25, 0.3) is 5.91 Å². The fraction of sp³-hybridized carbons (Fsp3) is 0.241. The first-order valence-corrected chi connectivity index (χ1v) is 13.2. The third-order valence-corrected chi connectivity index (χ3v) is 7.09. The molecule has 0 saturated heterocycles. The number of amides is 2. The second-order valence-electron chi connectivity index (χ2n) is 9.51. The van der Waals surface area contributed by atoms with Crippen molar-refractivity contribution in [3.05, 3.63) is 88.5 Å². The lowest BCUT2D eigenvalue weighted by Crippen LogP contribution is -2.46. The molecule has 0 radical (unpaired) electrons. The van der Waals surface area contributed by atoms with E-state index in [0.29, 0.717) is 44.8 Å². The lowest BCUT2D eigenvalue weighted by Gasteiger charge is -2.26. The zero-order chi connectivity index (χ0) is 29.1. The molecule has 0 bridgehead atoms. The number of hydrogen-bond donors (Lipinski definition) is 3. The van der Waals surface area contributed by atoms with Crippen molar-refractivity contribution < 1.29 is 19.4 Å². The van der Waals surface area contributed by atoms with Crippen LogP contribution in [0.4, 0.5) is 11.8 Å². The highest BCUT2D eigenvalue weighted by Gasteiger charge is 2.35. The Hall–Kier alpha value is -4.61. The predicted octanol–water partition coefficient (Wildman–Crippen LogP) is 3.84. The van der Waals surface area contributed by atoms with Crippen molar-refractivity contribution in [2.45, 2.75) is 32.5 Å². The molecule has 210 valence electrons. The van der Waals surface area contributed by atoms with Crippen molar-refractivity contribution in [1.82, 2.24) is 30.2 Å². The number of aryl methyl sites for hydroxylation is 1. The van der Waals surface area contributed by atoms with Crippen LogP contribution in [-0.4, -0.2) is 61.5 Å². The number of ether oxygens (including phenoxy) is 1. The van der Waals surface area contributed by atoms with E-state index >= 15 is 0 Å². The largest absolute Gasteiger partial charge is 0.497 e. The first-order valence-electron chi connectivity index (χ1n) is 12.9. The Kier molecular flexibility index (Phi) is 8.09. The third kappa shape index (κ3) is 5.96. The van der Waals surface area contributed by atoms with E-state index in [1.54, 1.807) is 63.6 Å². The van der Waals surface area contributed by atoms with Crippen LogP contribution in [-0.2, 0) is 11.3 Å². The van der Waals surface area contributed by atoms with Crippen LogP contribution in [0.3, 0.4) is 0 Å². The Bertz CT molecular complexity index is 1620. The van der Waals surface area contributed by atoms with Crippen LogP contribution >= 0.6 is 11.6 Å². The summed E-state index contributed by atoms with van der Waals surface area (Å²) in [7, 11) is 1.55. The molecule has 3 N–H and O–H groups in total. The van der Waals surface area contributed by atoms with Crippen molar-refractivity contribution >= 4 is 35.2 Å². The minimum Gasteiger partial charge on any atom is -0.497 e. The molecule has 0 unspecified atom stereocenters. The Labute approximate surface area is 241 Å². The zero-order valence-corrected chi connectivity index (χ0v) is 23.4. The first kappa shape index (κ1) is 27.9. The summed E-state index contributed by atoms with van der Waals surface area (Å²) in [6, 6.07) is 12.8. The molecule has 11 nitrogen and oxygen atoms in total. The molecule has 2 aromatic carbocycles. The van der Waals surface area contributed by atoms with Gasteiger partial charge in [-0.15, -0.1) is 0 Å². The van der Waals surface area contributed by atoms with Crippen molar-refractivity contribution in [2.75, 3.05) is 19.0 Å². The van der Waals surface area contributed by atoms with E-state index in [-0.39, 0.29) is 30.9 Å². The number of nitrogens with zero attached hydrogens (tertiary/aromatic N) is 5. The number of aliphatic hydroxyl groups excluding tert-OH is 1. The molecule has 0 fully saturated rings. The molecule has 0 aliphatic carbocycles. The third-order valence-electron chi connectivity index (χ3n) is 6.82. The summed E-state index contributed by atoms with van der Waals surface area (Å²) in [5.74, 6) is 1.36. The highest BCUT2D eigenvalue weighted by Crippen LogP contribution is 2.32. The molecule has 5 rings (SSSR count). The van der Waals surface area contributed by atoms with E-state index in [4.69, 9.17) is 16.3 Å². The number of halogens is 1. The monoisotopic (exact) mass is 573 g/mol. The SMILES string of the molecule is COc1cccc([C@@H](CO)NC(=O)[C@H](C)N2Cc3ccc(-c4nc(Nc5ccnc(C)n5)ncc4Cl)cc3C2=O)c1. The molecule has 2 aromatic heterocycles. The van der Waals surface area contributed by atoms with Crippen LogP contribution in [0.5, 0.6) is 5.75 Å². The topological polar surface area (TPSA) is 142 Å². The van der Waals surface area contributed by atoms with Gasteiger partial charge in [-0.25, -0.2) is 19.9 Å². The summed E-state index contributed by atoms with van der Waals surface area (Å²) in [5, 5.41) is 16.1. The molecule has 1 aliphatic rings. The van der Waals surface area contributed by atoms with Gasteiger partial charge in [0, 0.05) is 23.9 Å². The van der Waals surface area contributed by atoms with Crippen molar-refractivity contribution in [2.24, 2.45) is 0 Å². The van der Waals surface area contributed by atoms with Gasteiger partial charge in [-0.05, 0) is 49.2 Å². The van der Waals surface area contributed by atoms with E-state index in [1.165, 1.54) is 11.1 Å². The number of aromatic nitrogens is 4. The van der Waals surface area contributed by atoms with Crippen LogP contribution in [0.2, 0.25) is 5.02 Å². The van der Waals surface area contributed by atoms with Gasteiger partial charge in [0.1, 0.15) is 23.4 Å². The number of rotatable bonds is 9. The summed E-state index contributed by atoms with van der Waals surface area (Å²) in [6.07, 6.45) is 3.11. The first-order chi connectivity index (χ1) is 19.8. The lowest BCUT2D eigenvalue weighted by atomic mass is 10.0. The van der Waals surface area contributed by atoms with Gasteiger partial charge >= 0.3 is 0 Å². The van der Waals surface area contributed by atoms with Crippen LogP contribution in [0.15, 0.2) is 60.9 Å². The average molecular weight is 574 g/mol. The van der Waals surface area contributed by atoms with E-state index in [2.05, 4.69) is 30.6 Å². The minimum atomic E-state index is -0.784. The average Bonchev–Trinajstić information content (AvgIpc) is 3.31. The number of benzene rings is 2.